The lowest BCUT2D eigenvalue weighted by Crippen LogP contribution is -2.01. The van der Waals surface area contributed by atoms with E-state index >= 15 is 0 Å². The molecule has 3 nitrogen and oxygen atoms in total. The van der Waals surface area contributed by atoms with Crippen LogP contribution in [0.25, 0.3) is 44.0 Å². The van der Waals surface area contributed by atoms with Crippen molar-refractivity contribution >= 4 is 32.7 Å². The third-order valence-electron chi connectivity index (χ3n) is 6.43. The average Bonchev–Trinajstić information content (AvgIpc) is 3.11. The lowest BCUT2D eigenvalue weighted by molar-refractivity contribution is 0.660. The molecular weight excluding hydrogens is 368 g/mol. The number of aryl methyl sites for hydroxylation is 3. The number of benzene rings is 3. The Morgan fingerprint density at radius 2 is 1.63 bits per heavy atom. The second kappa shape index (κ2) is 6.43. The zero-order valence-electron chi connectivity index (χ0n) is 16.8. The maximum atomic E-state index is 9.20. The van der Waals surface area contributed by atoms with Gasteiger partial charge in [-0.25, -0.2) is 0 Å². The maximum absolute atomic E-state index is 9.20. The third-order valence-corrected chi connectivity index (χ3v) is 6.43. The van der Waals surface area contributed by atoms with Crippen molar-refractivity contribution in [3.63, 3.8) is 0 Å². The van der Waals surface area contributed by atoms with Gasteiger partial charge < -0.3 is 4.42 Å². The molecule has 1 aliphatic carbocycles. The van der Waals surface area contributed by atoms with E-state index in [1.807, 2.05) is 37.4 Å². The Hall–Kier alpha value is -3.64. The fourth-order valence-corrected chi connectivity index (χ4v) is 4.89. The molecule has 3 heteroatoms. The normalized spacial score (nSPS) is 13.6. The van der Waals surface area contributed by atoms with Gasteiger partial charge in [0.05, 0.1) is 17.3 Å². The van der Waals surface area contributed by atoms with Crippen LogP contribution >= 0.6 is 0 Å². The number of nitrogens with zero attached hydrogens (tertiary/aromatic N) is 2. The van der Waals surface area contributed by atoms with E-state index in [0.717, 1.165) is 57.0 Å². The van der Waals surface area contributed by atoms with Gasteiger partial charge in [0, 0.05) is 27.9 Å². The molecule has 0 spiro atoms. The van der Waals surface area contributed by atoms with Crippen molar-refractivity contribution in [3.05, 3.63) is 77.0 Å². The van der Waals surface area contributed by atoms with Crippen LogP contribution in [-0.2, 0) is 12.8 Å². The number of aromatic nitrogens is 1. The first kappa shape index (κ1) is 17.2. The fourth-order valence-electron chi connectivity index (χ4n) is 4.89. The van der Waals surface area contributed by atoms with Crippen molar-refractivity contribution in [2.45, 2.75) is 32.6 Å². The molecule has 144 valence electrons. The molecule has 0 saturated heterocycles. The average molecular weight is 388 g/mol. The summed E-state index contributed by atoms with van der Waals surface area (Å²) in [6, 6.07) is 19.0. The summed E-state index contributed by atoms with van der Waals surface area (Å²) >= 11 is 0. The van der Waals surface area contributed by atoms with E-state index in [-0.39, 0.29) is 0 Å². The summed E-state index contributed by atoms with van der Waals surface area (Å²) in [6.45, 7) is 2.04. The molecule has 0 bridgehead atoms. The maximum Gasteiger partial charge on any atom is 0.136 e. The van der Waals surface area contributed by atoms with Gasteiger partial charge in [-0.2, -0.15) is 5.26 Å². The number of pyridine rings is 1. The van der Waals surface area contributed by atoms with E-state index in [4.69, 9.17) is 9.40 Å². The van der Waals surface area contributed by atoms with Gasteiger partial charge in [0.25, 0.3) is 0 Å². The molecule has 0 atom stereocenters. The number of hydrogen-bond acceptors (Lipinski definition) is 3. The Bertz CT molecular complexity index is 1520. The van der Waals surface area contributed by atoms with Crippen LogP contribution < -0.4 is 0 Å². The van der Waals surface area contributed by atoms with Crippen molar-refractivity contribution in [1.29, 1.82) is 5.26 Å². The molecule has 30 heavy (non-hydrogen) atoms. The fraction of sp³-hybridized carbons (Fsp3) is 0.185. The van der Waals surface area contributed by atoms with Crippen LogP contribution in [-0.4, -0.2) is 4.98 Å². The van der Waals surface area contributed by atoms with Crippen molar-refractivity contribution in [2.75, 3.05) is 0 Å². The van der Waals surface area contributed by atoms with Crippen LogP contribution in [0.15, 0.2) is 59.1 Å². The molecule has 3 aromatic carbocycles. The van der Waals surface area contributed by atoms with Crippen LogP contribution in [0.1, 0.15) is 35.1 Å². The predicted molar refractivity (Wildman–Crippen MR) is 121 cm³/mol. The Kier molecular flexibility index (Phi) is 3.70. The van der Waals surface area contributed by atoms with Crippen molar-refractivity contribution in [3.8, 4) is 17.3 Å². The highest BCUT2D eigenvalue weighted by Gasteiger charge is 2.16. The topological polar surface area (TPSA) is 49.8 Å². The summed E-state index contributed by atoms with van der Waals surface area (Å²) in [4.78, 5) is 4.72. The molecular formula is C27H20N2O. The van der Waals surface area contributed by atoms with Crippen LogP contribution in [0.3, 0.4) is 0 Å². The molecule has 1 aliphatic rings. The molecule has 0 aliphatic heterocycles. The van der Waals surface area contributed by atoms with E-state index in [1.54, 1.807) is 0 Å². The summed E-state index contributed by atoms with van der Waals surface area (Å²) < 4.78 is 6.27. The lowest BCUT2D eigenvalue weighted by atomic mass is 9.90. The van der Waals surface area contributed by atoms with Gasteiger partial charge in [0.1, 0.15) is 11.2 Å². The zero-order chi connectivity index (χ0) is 20.2. The SMILES string of the molecule is Cc1cc(C#N)ccc1-c1nccc2cc3oc4cc5c(cc4c3cc12)CCCC5. The number of nitriles is 1. The summed E-state index contributed by atoms with van der Waals surface area (Å²) in [5, 5.41) is 13.8. The highest BCUT2D eigenvalue weighted by Crippen LogP contribution is 2.38. The Labute approximate surface area is 174 Å². The Balaban J connectivity index is 1.64. The first-order valence-corrected chi connectivity index (χ1v) is 10.5. The van der Waals surface area contributed by atoms with Crippen LogP contribution in [0.5, 0.6) is 0 Å². The number of fused-ring (bicyclic) bond motifs is 5. The Morgan fingerprint density at radius 1 is 0.867 bits per heavy atom. The van der Waals surface area contributed by atoms with Gasteiger partial charge in [-0.05, 0) is 97.1 Å². The molecule has 2 heterocycles. The molecule has 2 aromatic heterocycles. The minimum Gasteiger partial charge on any atom is -0.456 e. The van der Waals surface area contributed by atoms with Gasteiger partial charge in [-0.1, -0.05) is 6.07 Å². The largest absolute Gasteiger partial charge is 0.456 e. The first-order chi connectivity index (χ1) is 14.7. The zero-order valence-corrected chi connectivity index (χ0v) is 16.8. The van der Waals surface area contributed by atoms with Gasteiger partial charge in [-0.3, -0.25) is 4.98 Å². The summed E-state index contributed by atoms with van der Waals surface area (Å²) in [5.74, 6) is 0. The first-order valence-electron chi connectivity index (χ1n) is 10.5. The van der Waals surface area contributed by atoms with Crippen molar-refractivity contribution in [2.24, 2.45) is 0 Å². The highest BCUT2D eigenvalue weighted by atomic mass is 16.3. The quantitative estimate of drug-likeness (QED) is 0.315. The summed E-state index contributed by atoms with van der Waals surface area (Å²) in [6.07, 6.45) is 6.69. The third kappa shape index (κ3) is 2.54. The molecule has 0 unspecified atom stereocenters. The molecule has 0 saturated carbocycles. The van der Waals surface area contributed by atoms with Gasteiger partial charge in [-0.15, -0.1) is 0 Å². The van der Waals surface area contributed by atoms with Crippen LogP contribution in [0.4, 0.5) is 0 Å². The van der Waals surface area contributed by atoms with E-state index in [9.17, 15) is 5.26 Å². The lowest BCUT2D eigenvalue weighted by Gasteiger charge is -2.14. The number of hydrogen-bond donors (Lipinski definition) is 0. The smallest absolute Gasteiger partial charge is 0.136 e. The Morgan fingerprint density at radius 3 is 2.43 bits per heavy atom. The predicted octanol–water partition coefficient (Wildman–Crippen LogP) is 6.86. The monoisotopic (exact) mass is 388 g/mol. The van der Waals surface area contributed by atoms with Crippen LogP contribution in [0, 0.1) is 18.3 Å². The molecule has 0 fully saturated rings. The standard InChI is InChI=1S/C27H20N2O/c1-16-10-17(15-28)6-7-21(16)27-22-14-24-23-11-18-4-2-3-5-19(18)12-25(23)30-26(24)13-20(22)8-9-29-27/h6-14H,2-5H2,1H3. The second-order valence-electron chi connectivity index (χ2n) is 8.30. The van der Waals surface area contributed by atoms with E-state index in [1.165, 1.54) is 29.4 Å². The molecule has 0 radical (unpaired) electrons. The minimum absolute atomic E-state index is 0.671. The van der Waals surface area contributed by atoms with Gasteiger partial charge in [0.15, 0.2) is 0 Å². The second-order valence-corrected chi connectivity index (χ2v) is 8.30. The minimum atomic E-state index is 0.671. The number of rotatable bonds is 1. The van der Waals surface area contributed by atoms with Crippen molar-refractivity contribution in [1.82, 2.24) is 4.98 Å². The molecule has 6 rings (SSSR count). The molecule has 5 aromatic rings. The van der Waals surface area contributed by atoms with Gasteiger partial charge in [0.2, 0.25) is 0 Å². The molecule has 0 N–H and O–H groups in total. The molecule has 0 amide bonds. The summed E-state index contributed by atoms with van der Waals surface area (Å²) in [7, 11) is 0. The van der Waals surface area contributed by atoms with Crippen LogP contribution in [0.2, 0.25) is 0 Å². The van der Waals surface area contributed by atoms with E-state index < -0.39 is 0 Å². The van der Waals surface area contributed by atoms with E-state index in [0.29, 0.717) is 5.56 Å². The van der Waals surface area contributed by atoms with Gasteiger partial charge >= 0.3 is 0 Å². The van der Waals surface area contributed by atoms with Crippen molar-refractivity contribution < 1.29 is 4.42 Å². The van der Waals surface area contributed by atoms with E-state index in [2.05, 4.69) is 30.3 Å². The number of furan rings is 1. The summed E-state index contributed by atoms with van der Waals surface area (Å²) in [5.41, 5.74) is 8.54. The highest BCUT2D eigenvalue weighted by molar-refractivity contribution is 6.12.